The number of nitrogens with zero attached hydrogens (tertiary/aromatic N) is 5. The Morgan fingerprint density at radius 1 is 1.48 bits per heavy atom. The summed E-state index contributed by atoms with van der Waals surface area (Å²) in [6.45, 7) is 3.08. The van der Waals surface area contributed by atoms with Crippen molar-refractivity contribution in [2.75, 3.05) is 25.3 Å². The Balaban J connectivity index is 2.05. The van der Waals surface area contributed by atoms with Gasteiger partial charge in [-0.15, -0.1) is 5.06 Å². The second-order valence-corrected chi connectivity index (χ2v) is 6.21. The van der Waals surface area contributed by atoms with Crippen LogP contribution in [-0.2, 0) is 9.57 Å². The summed E-state index contributed by atoms with van der Waals surface area (Å²) in [4.78, 5) is 29.7. The third-order valence-corrected chi connectivity index (χ3v) is 4.41. The third-order valence-electron chi connectivity index (χ3n) is 4.41. The quantitative estimate of drug-likeness (QED) is 0.473. The van der Waals surface area contributed by atoms with Crippen molar-refractivity contribution in [3.63, 3.8) is 0 Å². The van der Waals surface area contributed by atoms with E-state index in [4.69, 9.17) is 9.57 Å². The summed E-state index contributed by atoms with van der Waals surface area (Å²) >= 11 is 0. The number of rotatable bonds is 5. The average molecular weight is 382 g/mol. The summed E-state index contributed by atoms with van der Waals surface area (Å²) in [6, 6.07) is -0.533. The fourth-order valence-corrected chi connectivity index (χ4v) is 3.04. The first-order valence-electron chi connectivity index (χ1n) is 8.33. The van der Waals surface area contributed by atoms with Crippen molar-refractivity contribution in [3.05, 3.63) is 12.7 Å². The van der Waals surface area contributed by atoms with Gasteiger partial charge in [-0.25, -0.2) is 19.7 Å². The molecule has 1 aliphatic rings. The lowest BCUT2D eigenvalue weighted by Crippen LogP contribution is -2.44. The van der Waals surface area contributed by atoms with Gasteiger partial charge in [0.25, 0.3) is 0 Å². The van der Waals surface area contributed by atoms with E-state index in [1.807, 2.05) is 0 Å². The second-order valence-electron chi connectivity index (χ2n) is 6.21. The van der Waals surface area contributed by atoms with Gasteiger partial charge >= 0.3 is 6.03 Å². The fourth-order valence-electron chi connectivity index (χ4n) is 3.04. The number of ether oxygens (including phenoxy) is 1. The Morgan fingerprint density at radius 2 is 2.22 bits per heavy atom. The number of hydroxylamine groups is 1. The maximum absolute atomic E-state index is 12.2. The Morgan fingerprint density at radius 3 is 2.81 bits per heavy atom. The molecule has 2 aromatic heterocycles. The zero-order valence-corrected chi connectivity index (χ0v) is 15.1. The zero-order chi connectivity index (χ0) is 19.8. The van der Waals surface area contributed by atoms with E-state index in [1.165, 1.54) is 31.3 Å². The predicted molar refractivity (Wildman–Crippen MR) is 91.5 cm³/mol. The number of amides is 2. The topological polar surface area (TPSA) is 155 Å². The molecule has 0 aliphatic carbocycles. The van der Waals surface area contributed by atoms with Gasteiger partial charge < -0.3 is 25.4 Å². The summed E-state index contributed by atoms with van der Waals surface area (Å²) in [5, 5.41) is 33.7. The number of anilines is 1. The second kappa shape index (κ2) is 7.32. The van der Waals surface area contributed by atoms with Crippen molar-refractivity contribution in [1.82, 2.24) is 24.8 Å². The number of urea groups is 1. The molecule has 1 aliphatic heterocycles. The molecule has 1 unspecified atom stereocenters. The zero-order valence-electron chi connectivity index (χ0n) is 15.1. The van der Waals surface area contributed by atoms with Crippen LogP contribution in [0.15, 0.2) is 12.7 Å². The van der Waals surface area contributed by atoms with Gasteiger partial charge in [-0.3, -0.25) is 9.40 Å². The van der Waals surface area contributed by atoms with Crippen LogP contribution in [0.1, 0.15) is 20.1 Å². The van der Waals surface area contributed by atoms with Gasteiger partial charge in [0.15, 0.2) is 23.2 Å². The van der Waals surface area contributed by atoms with Crippen molar-refractivity contribution >= 4 is 23.0 Å². The van der Waals surface area contributed by atoms with E-state index in [0.29, 0.717) is 6.54 Å². The lowest BCUT2D eigenvalue weighted by molar-refractivity contribution is -0.0950. The van der Waals surface area contributed by atoms with E-state index >= 15 is 0 Å². The number of imidazole rings is 1. The van der Waals surface area contributed by atoms with E-state index in [9.17, 15) is 20.1 Å². The van der Waals surface area contributed by atoms with Crippen molar-refractivity contribution in [3.8, 4) is 0 Å². The van der Waals surface area contributed by atoms with E-state index in [0.717, 1.165) is 5.06 Å². The molecule has 1 saturated heterocycles. The van der Waals surface area contributed by atoms with Crippen LogP contribution in [0.4, 0.5) is 10.6 Å². The van der Waals surface area contributed by atoms with Gasteiger partial charge in [0.05, 0.1) is 20.0 Å². The van der Waals surface area contributed by atoms with Crippen molar-refractivity contribution in [1.29, 1.82) is 0 Å². The highest BCUT2D eigenvalue weighted by Gasteiger charge is 2.53. The van der Waals surface area contributed by atoms with Gasteiger partial charge in [0.2, 0.25) is 0 Å². The predicted octanol–water partition coefficient (Wildman–Crippen LogP) is -1.07. The van der Waals surface area contributed by atoms with Crippen LogP contribution in [0.5, 0.6) is 0 Å². The van der Waals surface area contributed by atoms with Crippen LogP contribution in [0.3, 0.4) is 0 Å². The molecule has 0 aromatic carbocycles. The van der Waals surface area contributed by atoms with Crippen LogP contribution in [0.25, 0.3) is 11.2 Å². The Kier molecular flexibility index (Phi) is 5.26. The van der Waals surface area contributed by atoms with Crippen LogP contribution >= 0.6 is 0 Å². The largest absolute Gasteiger partial charge is 0.394 e. The molecule has 0 bridgehead atoms. The van der Waals surface area contributed by atoms with Gasteiger partial charge in [0.1, 0.15) is 24.1 Å². The van der Waals surface area contributed by atoms with Crippen LogP contribution in [0, 0.1) is 0 Å². The highest BCUT2D eigenvalue weighted by molar-refractivity contribution is 5.96. The van der Waals surface area contributed by atoms with E-state index in [2.05, 4.69) is 20.3 Å². The molecule has 2 amide bonds. The number of fused-ring (bicyclic) bond motifs is 1. The summed E-state index contributed by atoms with van der Waals surface area (Å²) < 4.78 is 7.00. The monoisotopic (exact) mass is 382 g/mol. The first-order chi connectivity index (χ1) is 12.9. The van der Waals surface area contributed by atoms with Crippen LogP contribution in [0.2, 0.25) is 0 Å². The fraction of sp³-hybridized carbons (Fsp3) is 0.600. The third kappa shape index (κ3) is 3.11. The first kappa shape index (κ1) is 19.4. The normalized spacial score (nSPS) is 27.9. The average Bonchev–Trinajstić information content (AvgIpc) is 3.16. The van der Waals surface area contributed by atoms with E-state index in [-0.39, 0.29) is 17.0 Å². The minimum atomic E-state index is -1.70. The molecule has 27 heavy (non-hydrogen) atoms. The van der Waals surface area contributed by atoms with Crippen molar-refractivity contribution < 1.29 is 29.7 Å². The molecular formula is C15H22N6O6. The van der Waals surface area contributed by atoms with Gasteiger partial charge in [-0.2, -0.15) is 0 Å². The molecule has 12 nitrogen and oxygen atoms in total. The number of aliphatic hydroxyl groups is 3. The van der Waals surface area contributed by atoms with Gasteiger partial charge in [-0.1, -0.05) is 0 Å². The summed E-state index contributed by atoms with van der Waals surface area (Å²) in [7, 11) is 1.31. The molecule has 4 atom stereocenters. The summed E-state index contributed by atoms with van der Waals surface area (Å²) in [5.41, 5.74) is -1.22. The minimum absolute atomic E-state index is 0.101. The number of aromatic nitrogens is 4. The molecule has 3 rings (SSSR count). The minimum Gasteiger partial charge on any atom is -0.394 e. The van der Waals surface area contributed by atoms with Crippen molar-refractivity contribution in [2.24, 2.45) is 0 Å². The maximum Gasteiger partial charge on any atom is 0.347 e. The van der Waals surface area contributed by atoms with Gasteiger partial charge in [-0.05, 0) is 13.8 Å². The molecule has 2 aromatic rings. The maximum atomic E-state index is 12.2. The molecule has 4 N–H and O–H groups in total. The lowest BCUT2D eigenvalue weighted by Gasteiger charge is -2.27. The highest BCUT2D eigenvalue weighted by Crippen LogP contribution is 2.39. The Labute approximate surface area is 154 Å². The Bertz CT molecular complexity index is 826. The number of aliphatic hydroxyl groups excluding tert-OH is 2. The number of carbonyl (C=O) groups excluding carboxylic acids is 1. The molecule has 0 saturated carbocycles. The smallest absolute Gasteiger partial charge is 0.347 e. The van der Waals surface area contributed by atoms with Gasteiger partial charge in [0, 0.05) is 6.54 Å². The Hall–Kier alpha value is -2.38. The van der Waals surface area contributed by atoms with E-state index in [1.54, 1.807) is 6.92 Å². The number of carbonyl (C=O) groups is 1. The lowest BCUT2D eigenvalue weighted by atomic mass is 9.96. The molecule has 0 spiro atoms. The number of nitrogens with one attached hydrogen (secondary N) is 1. The van der Waals surface area contributed by atoms with Crippen molar-refractivity contribution in [2.45, 2.75) is 37.9 Å². The number of hydrogen-bond donors (Lipinski definition) is 4. The SMILES string of the molecule is CCNC(=O)N(OC)c1ncnc2c1ncn2C1O[C@H](CO)[C@@H](O)[C@@]1(C)O. The van der Waals surface area contributed by atoms with Crippen LogP contribution < -0.4 is 10.4 Å². The first-order valence-corrected chi connectivity index (χ1v) is 8.33. The molecule has 0 radical (unpaired) electrons. The highest BCUT2D eigenvalue weighted by atomic mass is 16.7. The summed E-state index contributed by atoms with van der Waals surface area (Å²) in [5.74, 6) is 0.101. The van der Waals surface area contributed by atoms with E-state index < -0.39 is 36.7 Å². The molecular weight excluding hydrogens is 360 g/mol. The standard InChI is InChI=1S/C15H22N6O6/c1-4-16-14(24)21(26-3)12-9-11(17-6-18-12)20(7-19-9)13-15(2,25)10(23)8(5-22)27-13/h6-8,10,13,22-23,25H,4-5H2,1-3H3,(H,16,24)/t8-,10-,13?,15-/m1/s1. The van der Waals surface area contributed by atoms with Crippen LogP contribution in [-0.4, -0.2) is 78.9 Å². The summed E-state index contributed by atoms with van der Waals surface area (Å²) in [6.07, 6.45) is -0.769. The molecule has 3 heterocycles. The number of hydrogen-bond acceptors (Lipinski definition) is 9. The molecule has 12 heteroatoms. The molecule has 1 fully saturated rings. The molecule has 148 valence electrons.